The van der Waals surface area contributed by atoms with Crippen molar-refractivity contribution in [2.75, 3.05) is 6.61 Å². The SMILES string of the molecule is CC(C)=CCC/C(C)=C/CC(C)(C)[C@@H]1OCC[C@H](C)O1. The van der Waals surface area contributed by atoms with E-state index < -0.39 is 0 Å². The summed E-state index contributed by atoms with van der Waals surface area (Å²) in [5.74, 6) is 0. The first-order valence-electron chi connectivity index (χ1n) is 7.87. The lowest BCUT2D eigenvalue weighted by atomic mass is 9.86. The summed E-state index contributed by atoms with van der Waals surface area (Å²) < 4.78 is 11.7. The Morgan fingerprint density at radius 1 is 1.20 bits per heavy atom. The van der Waals surface area contributed by atoms with Crippen LogP contribution in [0.1, 0.15) is 67.2 Å². The van der Waals surface area contributed by atoms with Gasteiger partial charge < -0.3 is 9.47 Å². The van der Waals surface area contributed by atoms with Crippen LogP contribution in [0.5, 0.6) is 0 Å². The van der Waals surface area contributed by atoms with E-state index >= 15 is 0 Å². The number of hydrogen-bond donors (Lipinski definition) is 0. The van der Waals surface area contributed by atoms with E-state index in [0.29, 0.717) is 6.10 Å². The molecule has 0 amide bonds. The Hall–Kier alpha value is -0.600. The summed E-state index contributed by atoms with van der Waals surface area (Å²) in [6, 6.07) is 0. The first kappa shape index (κ1) is 17.5. The average molecular weight is 280 g/mol. The smallest absolute Gasteiger partial charge is 0.163 e. The van der Waals surface area contributed by atoms with Crippen LogP contribution in [-0.2, 0) is 9.47 Å². The molecule has 0 aromatic rings. The van der Waals surface area contributed by atoms with Crippen LogP contribution in [0.2, 0.25) is 0 Å². The average Bonchev–Trinajstić information content (AvgIpc) is 2.36. The number of allylic oxidation sites excluding steroid dienone is 4. The molecule has 1 heterocycles. The highest BCUT2D eigenvalue weighted by atomic mass is 16.7. The summed E-state index contributed by atoms with van der Waals surface area (Å²) in [6.45, 7) is 13.9. The Labute approximate surface area is 125 Å². The summed E-state index contributed by atoms with van der Waals surface area (Å²) in [4.78, 5) is 0. The van der Waals surface area contributed by atoms with Crippen molar-refractivity contribution in [1.29, 1.82) is 0 Å². The molecule has 0 aliphatic carbocycles. The van der Waals surface area contributed by atoms with E-state index in [2.05, 4.69) is 53.7 Å². The lowest BCUT2D eigenvalue weighted by Crippen LogP contribution is -2.41. The molecular weight excluding hydrogens is 248 g/mol. The Morgan fingerprint density at radius 2 is 1.90 bits per heavy atom. The normalized spacial score (nSPS) is 24.6. The van der Waals surface area contributed by atoms with Crippen LogP contribution in [0.15, 0.2) is 23.3 Å². The molecule has 1 aliphatic rings. The van der Waals surface area contributed by atoms with Gasteiger partial charge in [-0.15, -0.1) is 0 Å². The van der Waals surface area contributed by atoms with E-state index in [1.807, 2.05) is 0 Å². The molecule has 0 saturated carbocycles. The number of ether oxygens (including phenoxy) is 2. The van der Waals surface area contributed by atoms with Gasteiger partial charge in [-0.25, -0.2) is 0 Å². The van der Waals surface area contributed by atoms with Gasteiger partial charge in [0.1, 0.15) is 0 Å². The maximum atomic E-state index is 5.93. The molecule has 2 atom stereocenters. The zero-order valence-electron chi connectivity index (χ0n) is 14.2. The van der Waals surface area contributed by atoms with E-state index in [0.717, 1.165) is 32.3 Å². The summed E-state index contributed by atoms with van der Waals surface area (Å²) in [7, 11) is 0. The second-order valence-corrected chi connectivity index (χ2v) is 7.00. The molecule has 0 aromatic carbocycles. The van der Waals surface area contributed by atoms with Crippen molar-refractivity contribution in [3.8, 4) is 0 Å². The second-order valence-electron chi connectivity index (χ2n) is 7.00. The molecule has 0 aromatic heterocycles. The van der Waals surface area contributed by atoms with Crippen molar-refractivity contribution in [2.45, 2.75) is 79.6 Å². The zero-order valence-corrected chi connectivity index (χ0v) is 14.2. The minimum Gasteiger partial charge on any atom is -0.352 e. The lowest BCUT2D eigenvalue weighted by Gasteiger charge is -2.38. The Kier molecular flexibility index (Phi) is 6.97. The highest BCUT2D eigenvalue weighted by Gasteiger charge is 2.34. The van der Waals surface area contributed by atoms with E-state index in [1.165, 1.54) is 11.1 Å². The second kappa shape index (κ2) is 7.99. The third-order valence-corrected chi connectivity index (χ3v) is 3.86. The van der Waals surface area contributed by atoms with Gasteiger partial charge in [0.25, 0.3) is 0 Å². The number of hydrogen-bond acceptors (Lipinski definition) is 2. The fourth-order valence-electron chi connectivity index (χ4n) is 2.29. The molecule has 1 aliphatic heterocycles. The van der Waals surface area contributed by atoms with E-state index in [9.17, 15) is 0 Å². The van der Waals surface area contributed by atoms with Crippen molar-refractivity contribution < 1.29 is 9.47 Å². The lowest BCUT2D eigenvalue weighted by molar-refractivity contribution is -0.251. The molecule has 1 fully saturated rings. The fourth-order valence-corrected chi connectivity index (χ4v) is 2.29. The minimum absolute atomic E-state index is 0.0342. The highest BCUT2D eigenvalue weighted by molar-refractivity contribution is 5.03. The molecule has 20 heavy (non-hydrogen) atoms. The Balaban J connectivity index is 2.46. The zero-order chi connectivity index (χ0) is 15.2. The molecule has 0 unspecified atom stereocenters. The summed E-state index contributed by atoms with van der Waals surface area (Å²) in [5.41, 5.74) is 2.89. The molecule has 0 radical (unpaired) electrons. The molecule has 1 saturated heterocycles. The minimum atomic E-state index is -0.0758. The standard InChI is InChI=1S/C18H32O2/c1-14(2)8-7-9-15(3)10-12-18(5,6)17-19-13-11-16(4)20-17/h8,10,16-17H,7,9,11-13H2,1-6H3/b15-10+/t16-,17+/m0/s1. The molecule has 2 heteroatoms. The molecule has 1 rings (SSSR count). The quantitative estimate of drug-likeness (QED) is 0.619. The van der Waals surface area contributed by atoms with Gasteiger partial charge in [0.15, 0.2) is 6.29 Å². The van der Waals surface area contributed by atoms with Crippen molar-refractivity contribution >= 4 is 0 Å². The number of rotatable bonds is 6. The van der Waals surface area contributed by atoms with Crippen LogP contribution in [0.4, 0.5) is 0 Å². The van der Waals surface area contributed by atoms with Crippen LogP contribution in [0, 0.1) is 5.41 Å². The first-order chi connectivity index (χ1) is 9.31. The largest absolute Gasteiger partial charge is 0.352 e. The van der Waals surface area contributed by atoms with Gasteiger partial charge in [-0.05, 0) is 53.4 Å². The van der Waals surface area contributed by atoms with Gasteiger partial charge in [0.2, 0.25) is 0 Å². The van der Waals surface area contributed by atoms with Crippen molar-refractivity contribution in [3.05, 3.63) is 23.3 Å². The predicted molar refractivity (Wildman–Crippen MR) is 85.7 cm³/mol. The van der Waals surface area contributed by atoms with Gasteiger partial charge in [-0.1, -0.05) is 37.1 Å². The third kappa shape index (κ3) is 6.23. The van der Waals surface area contributed by atoms with Crippen LogP contribution in [0.25, 0.3) is 0 Å². The van der Waals surface area contributed by atoms with E-state index in [1.54, 1.807) is 0 Å². The third-order valence-electron chi connectivity index (χ3n) is 3.86. The van der Waals surface area contributed by atoms with E-state index in [4.69, 9.17) is 9.47 Å². The van der Waals surface area contributed by atoms with E-state index in [-0.39, 0.29) is 11.7 Å². The van der Waals surface area contributed by atoms with Gasteiger partial charge >= 0.3 is 0 Å². The molecule has 2 nitrogen and oxygen atoms in total. The fraction of sp³-hybridized carbons (Fsp3) is 0.778. The molecule has 0 bridgehead atoms. The molecule has 0 spiro atoms. The van der Waals surface area contributed by atoms with Crippen LogP contribution in [-0.4, -0.2) is 19.0 Å². The van der Waals surface area contributed by atoms with Crippen molar-refractivity contribution in [3.63, 3.8) is 0 Å². The van der Waals surface area contributed by atoms with Gasteiger partial charge in [-0.3, -0.25) is 0 Å². The topological polar surface area (TPSA) is 18.5 Å². The molecule has 0 N–H and O–H groups in total. The van der Waals surface area contributed by atoms with Gasteiger partial charge in [0.05, 0.1) is 12.7 Å². The van der Waals surface area contributed by atoms with Gasteiger partial charge in [0, 0.05) is 5.41 Å². The summed E-state index contributed by atoms with van der Waals surface area (Å²) in [5, 5.41) is 0. The van der Waals surface area contributed by atoms with Crippen LogP contribution >= 0.6 is 0 Å². The van der Waals surface area contributed by atoms with Crippen LogP contribution < -0.4 is 0 Å². The predicted octanol–water partition coefficient (Wildman–Crippen LogP) is 5.25. The van der Waals surface area contributed by atoms with Crippen LogP contribution in [0.3, 0.4) is 0 Å². The summed E-state index contributed by atoms with van der Waals surface area (Å²) in [6.07, 6.45) is 9.18. The monoisotopic (exact) mass is 280 g/mol. The van der Waals surface area contributed by atoms with Crippen molar-refractivity contribution in [1.82, 2.24) is 0 Å². The molecular formula is C18H32O2. The Bertz CT molecular complexity index is 348. The van der Waals surface area contributed by atoms with Gasteiger partial charge in [-0.2, -0.15) is 0 Å². The van der Waals surface area contributed by atoms with Crippen molar-refractivity contribution in [2.24, 2.45) is 5.41 Å². The first-order valence-corrected chi connectivity index (χ1v) is 7.87. The Morgan fingerprint density at radius 3 is 2.50 bits per heavy atom. The molecule has 116 valence electrons. The maximum Gasteiger partial charge on any atom is 0.163 e. The summed E-state index contributed by atoms with van der Waals surface area (Å²) >= 11 is 0. The maximum absolute atomic E-state index is 5.93. The highest BCUT2D eigenvalue weighted by Crippen LogP contribution is 2.33.